The van der Waals surface area contributed by atoms with Gasteiger partial charge in [-0.15, -0.1) is 0 Å². The van der Waals surface area contributed by atoms with Crippen molar-refractivity contribution >= 4 is 40.5 Å². The molecule has 3 atom stereocenters. The normalized spacial score (nSPS) is 16.7. The molecule has 1 heterocycles. The van der Waals surface area contributed by atoms with Crippen LogP contribution in [0.4, 0.5) is 0 Å². The number of nitrogens with one attached hydrogen (secondary N) is 6. The largest absolute Gasteiger partial charge is 0.370 e. The molecule has 55 heavy (non-hydrogen) atoms. The lowest BCUT2D eigenvalue weighted by Crippen LogP contribution is -2.61. The monoisotopic (exact) mass is 755 g/mol. The van der Waals surface area contributed by atoms with Crippen LogP contribution in [-0.2, 0) is 38.4 Å². The summed E-state index contributed by atoms with van der Waals surface area (Å²) in [6.45, 7) is 12.2. The zero-order chi connectivity index (χ0) is 40.4. The quantitative estimate of drug-likeness (QED) is 0.0397. The number of primary amides is 1. The Morgan fingerprint density at radius 2 is 1.62 bits per heavy atom. The number of amides is 4. The number of nitrogens with zero attached hydrogens (tertiary/aromatic N) is 1. The lowest BCUT2D eigenvalue weighted by molar-refractivity contribution is -0.136. The molecule has 0 spiro atoms. The number of hydrogen-bond donors (Lipinski definition) is 8. The molecule has 0 bridgehead atoms. The molecule has 13 heteroatoms. The van der Waals surface area contributed by atoms with Crippen molar-refractivity contribution in [2.24, 2.45) is 27.8 Å². The molecule has 10 N–H and O–H groups in total. The van der Waals surface area contributed by atoms with Crippen LogP contribution in [-0.4, -0.2) is 77.9 Å². The molecule has 0 saturated heterocycles. The van der Waals surface area contributed by atoms with Gasteiger partial charge in [-0.05, 0) is 75.6 Å². The SMILES string of the molecule is CN=C(N)NCCC[C@H](NC(=O)[C@](C)(/C=C/CNC(=O)C1(NC(C)C)Cc2ccccc2C1)CC(C)C)C(=O)N[C@](C)(Cc1c[nH]c2ccccc12)C(N)=O. The maximum Gasteiger partial charge on any atom is 0.243 e. The van der Waals surface area contributed by atoms with Crippen LogP contribution in [0.25, 0.3) is 10.9 Å². The Hall–Kier alpha value is -5.17. The topological polar surface area (TPSA) is 209 Å². The number of rotatable bonds is 19. The minimum absolute atomic E-state index is 0.0960. The first-order valence-corrected chi connectivity index (χ1v) is 19.3. The van der Waals surface area contributed by atoms with Gasteiger partial charge >= 0.3 is 0 Å². The van der Waals surface area contributed by atoms with E-state index in [9.17, 15) is 19.2 Å². The van der Waals surface area contributed by atoms with Gasteiger partial charge in [0.05, 0.1) is 5.41 Å². The lowest BCUT2D eigenvalue weighted by Gasteiger charge is -2.33. The van der Waals surface area contributed by atoms with Crippen LogP contribution >= 0.6 is 0 Å². The molecule has 298 valence electrons. The predicted molar refractivity (Wildman–Crippen MR) is 219 cm³/mol. The summed E-state index contributed by atoms with van der Waals surface area (Å²) in [6, 6.07) is 14.9. The highest BCUT2D eigenvalue weighted by Gasteiger charge is 2.44. The molecule has 4 rings (SSSR count). The van der Waals surface area contributed by atoms with Crippen LogP contribution in [0.3, 0.4) is 0 Å². The second-order valence-electron chi connectivity index (χ2n) is 16.1. The van der Waals surface area contributed by atoms with Gasteiger partial charge in [0.1, 0.15) is 17.1 Å². The number of carbonyl (C=O) groups excluding carboxylic acids is 4. The zero-order valence-corrected chi connectivity index (χ0v) is 33.5. The number of aromatic nitrogens is 1. The summed E-state index contributed by atoms with van der Waals surface area (Å²) in [4.78, 5) is 62.2. The molecule has 0 unspecified atom stereocenters. The van der Waals surface area contributed by atoms with Gasteiger partial charge in [0.15, 0.2) is 5.96 Å². The molecular formula is C42H61N9O4. The molecule has 3 aromatic rings. The summed E-state index contributed by atoms with van der Waals surface area (Å²) in [5, 5.41) is 16.4. The Morgan fingerprint density at radius 1 is 0.964 bits per heavy atom. The number of nitrogens with two attached hydrogens (primary N) is 2. The first kappa shape index (κ1) is 42.6. The fourth-order valence-electron chi connectivity index (χ4n) is 7.62. The Balaban J connectivity index is 1.51. The summed E-state index contributed by atoms with van der Waals surface area (Å²) >= 11 is 0. The van der Waals surface area contributed by atoms with E-state index in [1.54, 1.807) is 14.0 Å². The van der Waals surface area contributed by atoms with Gasteiger partial charge in [-0.1, -0.05) is 68.5 Å². The van der Waals surface area contributed by atoms with E-state index >= 15 is 0 Å². The van der Waals surface area contributed by atoms with Gasteiger partial charge in [-0.3, -0.25) is 24.2 Å². The number of guanidine groups is 1. The van der Waals surface area contributed by atoms with Crippen molar-refractivity contribution in [1.82, 2.24) is 31.6 Å². The molecule has 0 aliphatic heterocycles. The van der Waals surface area contributed by atoms with E-state index in [1.165, 1.54) is 0 Å². The number of benzene rings is 2. The first-order chi connectivity index (χ1) is 26.0. The van der Waals surface area contributed by atoms with Crippen LogP contribution in [0.15, 0.2) is 71.9 Å². The highest BCUT2D eigenvalue weighted by Crippen LogP contribution is 2.32. The number of fused-ring (bicyclic) bond motifs is 2. The molecule has 0 saturated carbocycles. The Kier molecular flexibility index (Phi) is 14.3. The summed E-state index contributed by atoms with van der Waals surface area (Å²) in [6.07, 6.45) is 7.95. The second kappa shape index (κ2) is 18.4. The average Bonchev–Trinajstić information content (AvgIpc) is 3.71. The smallest absolute Gasteiger partial charge is 0.243 e. The number of aromatic amines is 1. The third kappa shape index (κ3) is 11.0. The minimum Gasteiger partial charge on any atom is -0.370 e. The van der Waals surface area contributed by atoms with Gasteiger partial charge in [-0.2, -0.15) is 0 Å². The van der Waals surface area contributed by atoms with E-state index in [-0.39, 0.29) is 49.1 Å². The molecular weight excluding hydrogens is 695 g/mol. The third-order valence-electron chi connectivity index (χ3n) is 10.3. The highest BCUT2D eigenvalue weighted by molar-refractivity contribution is 5.96. The summed E-state index contributed by atoms with van der Waals surface area (Å²) in [5.41, 5.74) is 12.5. The van der Waals surface area contributed by atoms with E-state index < -0.39 is 34.3 Å². The van der Waals surface area contributed by atoms with Crippen LogP contribution in [0, 0.1) is 11.3 Å². The van der Waals surface area contributed by atoms with Gasteiger partial charge < -0.3 is 43.0 Å². The molecule has 1 aliphatic carbocycles. The summed E-state index contributed by atoms with van der Waals surface area (Å²) in [5.74, 6) is -1.29. The number of carbonyl (C=O) groups is 4. The second-order valence-corrected chi connectivity index (χ2v) is 16.1. The van der Waals surface area contributed by atoms with Crippen LogP contribution in [0.2, 0.25) is 0 Å². The van der Waals surface area contributed by atoms with E-state index in [0.717, 1.165) is 27.6 Å². The van der Waals surface area contributed by atoms with Gasteiger partial charge in [-0.25, -0.2) is 0 Å². The Labute approximate surface area is 325 Å². The maximum absolute atomic E-state index is 14.2. The minimum atomic E-state index is -1.45. The molecule has 4 amide bonds. The molecule has 0 fully saturated rings. The average molecular weight is 756 g/mol. The maximum atomic E-state index is 14.2. The molecule has 2 aromatic carbocycles. The van der Waals surface area contributed by atoms with E-state index in [1.807, 2.05) is 89.4 Å². The Morgan fingerprint density at radius 3 is 2.24 bits per heavy atom. The van der Waals surface area contributed by atoms with Crippen molar-refractivity contribution < 1.29 is 19.2 Å². The van der Waals surface area contributed by atoms with Crippen molar-refractivity contribution in [2.45, 2.75) is 103 Å². The van der Waals surface area contributed by atoms with Crippen molar-refractivity contribution in [3.05, 3.63) is 83.6 Å². The summed E-state index contributed by atoms with van der Waals surface area (Å²) < 4.78 is 0. The first-order valence-electron chi connectivity index (χ1n) is 19.3. The van der Waals surface area contributed by atoms with Gasteiger partial charge in [0, 0.05) is 62.5 Å². The Bertz CT molecular complexity index is 1860. The van der Waals surface area contributed by atoms with Crippen LogP contribution < -0.4 is 38.1 Å². The number of para-hydroxylation sites is 1. The molecule has 13 nitrogen and oxygen atoms in total. The predicted octanol–water partition coefficient (Wildman–Crippen LogP) is 3.13. The van der Waals surface area contributed by atoms with E-state index in [0.29, 0.717) is 32.2 Å². The number of aliphatic imine (C=N–C) groups is 1. The molecule has 0 radical (unpaired) electrons. The fourth-order valence-corrected chi connectivity index (χ4v) is 7.62. The number of H-pyrrole nitrogens is 1. The zero-order valence-electron chi connectivity index (χ0n) is 33.5. The molecule has 1 aromatic heterocycles. The van der Waals surface area contributed by atoms with E-state index in [2.05, 4.69) is 48.7 Å². The van der Waals surface area contributed by atoms with Crippen molar-refractivity contribution in [3.63, 3.8) is 0 Å². The van der Waals surface area contributed by atoms with Crippen LogP contribution in [0.5, 0.6) is 0 Å². The fraction of sp³-hybridized carbons (Fsp3) is 0.500. The third-order valence-corrected chi connectivity index (χ3v) is 10.3. The van der Waals surface area contributed by atoms with Gasteiger partial charge in [0.2, 0.25) is 23.6 Å². The number of hydrogen-bond acceptors (Lipinski definition) is 6. The molecule has 1 aliphatic rings. The van der Waals surface area contributed by atoms with Crippen molar-refractivity contribution in [3.8, 4) is 0 Å². The van der Waals surface area contributed by atoms with E-state index in [4.69, 9.17) is 11.5 Å². The van der Waals surface area contributed by atoms with Gasteiger partial charge in [0.25, 0.3) is 0 Å². The van der Waals surface area contributed by atoms with Crippen molar-refractivity contribution in [2.75, 3.05) is 20.1 Å². The highest BCUT2D eigenvalue weighted by atomic mass is 16.2. The van der Waals surface area contributed by atoms with Crippen LogP contribution in [0.1, 0.15) is 77.5 Å². The lowest BCUT2D eigenvalue weighted by atomic mass is 9.80. The van der Waals surface area contributed by atoms with Crippen molar-refractivity contribution in [1.29, 1.82) is 0 Å². The summed E-state index contributed by atoms with van der Waals surface area (Å²) in [7, 11) is 1.57. The standard InChI is InChI=1S/C42H61N9O4/c1-27(2)22-40(5,19-13-21-46-38(55)42(50-28(3)4)24-29-14-8-9-15-30(29)25-42)37(54)49-34(18-12-20-47-39(44)45-7)35(52)51-41(6,36(43)53)23-31-26-48-33-17-11-10-16-32(31)33/h8-11,13-17,19,26-28,34,48,50H,12,18,20-25H2,1-7H3,(H2,43,53)(H,46,55)(H,49,54)(H,51,52)(H3,44,45,47)/b19-13+/t34-,40+,41+/m0/s1.